The largest absolute Gasteiger partial charge is 0.460 e. The molecule has 0 radical (unpaired) electrons. The maximum Gasteiger partial charge on any atom is 0.410 e. The predicted molar refractivity (Wildman–Crippen MR) is 126 cm³/mol. The van der Waals surface area contributed by atoms with E-state index in [9.17, 15) is 14.4 Å². The monoisotopic (exact) mass is 456 g/mol. The molecule has 0 aromatic carbocycles. The molecule has 2 amide bonds. The lowest BCUT2D eigenvalue weighted by Gasteiger charge is -2.27. The number of esters is 1. The van der Waals surface area contributed by atoms with E-state index in [0.717, 1.165) is 25.7 Å². The van der Waals surface area contributed by atoms with E-state index in [4.69, 9.17) is 14.2 Å². The fraction of sp³-hybridized carbons (Fsp3) is 0.792. The van der Waals surface area contributed by atoms with Gasteiger partial charge in [0.1, 0.15) is 17.8 Å². The molecule has 186 valence electrons. The van der Waals surface area contributed by atoms with Crippen LogP contribution in [-0.4, -0.2) is 71.9 Å². The first kappa shape index (κ1) is 29.8. The average molecular weight is 457 g/mol. The van der Waals surface area contributed by atoms with E-state index in [1.54, 1.807) is 16.7 Å². The van der Waals surface area contributed by atoms with Crippen LogP contribution in [0.25, 0.3) is 0 Å². The van der Waals surface area contributed by atoms with Crippen LogP contribution in [0.1, 0.15) is 81.1 Å². The molecule has 0 saturated heterocycles. The van der Waals surface area contributed by atoms with Crippen molar-refractivity contribution in [2.75, 3.05) is 32.8 Å². The molecule has 0 bridgehead atoms. The Morgan fingerprint density at radius 3 is 1.59 bits per heavy atom. The van der Waals surface area contributed by atoms with Gasteiger partial charge in [-0.05, 0) is 68.2 Å². The van der Waals surface area contributed by atoms with Gasteiger partial charge in [-0.25, -0.2) is 14.4 Å². The van der Waals surface area contributed by atoms with E-state index >= 15 is 0 Å². The Kier molecular flexibility index (Phi) is 13.0. The third kappa shape index (κ3) is 14.7. The lowest BCUT2D eigenvalue weighted by molar-refractivity contribution is -0.139. The van der Waals surface area contributed by atoms with Crippen molar-refractivity contribution in [3.63, 3.8) is 0 Å². The van der Waals surface area contributed by atoms with Crippen LogP contribution < -0.4 is 0 Å². The van der Waals surface area contributed by atoms with E-state index in [1.807, 2.05) is 48.5 Å². The van der Waals surface area contributed by atoms with E-state index < -0.39 is 23.3 Å². The normalized spacial score (nSPS) is 11.5. The predicted octanol–water partition coefficient (Wildman–Crippen LogP) is 5.16. The number of rotatable bonds is 12. The van der Waals surface area contributed by atoms with Crippen molar-refractivity contribution in [2.24, 2.45) is 0 Å². The van der Waals surface area contributed by atoms with Crippen molar-refractivity contribution in [2.45, 2.75) is 92.3 Å². The van der Waals surface area contributed by atoms with Crippen LogP contribution in [0.5, 0.6) is 0 Å². The summed E-state index contributed by atoms with van der Waals surface area (Å²) in [6, 6.07) is 0. The molecule has 0 heterocycles. The molecule has 0 aromatic heterocycles. The Balaban J connectivity index is 4.49. The first-order valence-electron chi connectivity index (χ1n) is 11.4. The van der Waals surface area contributed by atoms with Crippen LogP contribution in [0.2, 0.25) is 0 Å². The number of amides is 2. The number of nitrogens with zero attached hydrogens (tertiary/aromatic N) is 2. The lowest BCUT2D eigenvalue weighted by atomic mass is 10.1. The highest BCUT2D eigenvalue weighted by molar-refractivity contribution is 5.86. The Hall–Kier alpha value is -2.25. The highest BCUT2D eigenvalue weighted by Gasteiger charge is 2.23. The minimum Gasteiger partial charge on any atom is -0.460 e. The molecule has 0 unspecified atom stereocenters. The fourth-order valence-electron chi connectivity index (χ4n) is 2.66. The van der Waals surface area contributed by atoms with Crippen LogP contribution in [0, 0.1) is 0 Å². The molecule has 0 spiro atoms. The van der Waals surface area contributed by atoms with Gasteiger partial charge < -0.3 is 24.0 Å². The second-order valence-corrected chi connectivity index (χ2v) is 9.86. The number of carbonyl (C=O) groups is 3. The first-order valence-corrected chi connectivity index (χ1v) is 11.4. The Morgan fingerprint density at radius 2 is 1.19 bits per heavy atom. The summed E-state index contributed by atoms with van der Waals surface area (Å²) < 4.78 is 16.0. The Labute approximate surface area is 194 Å². The van der Waals surface area contributed by atoms with Gasteiger partial charge in [-0.15, -0.1) is 0 Å². The molecular formula is C24H44N2O6. The van der Waals surface area contributed by atoms with Crippen molar-refractivity contribution >= 4 is 18.2 Å². The van der Waals surface area contributed by atoms with Crippen LogP contribution >= 0.6 is 0 Å². The molecule has 8 nitrogen and oxygen atoms in total. The maximum absolute atomic E-state index is 12.5. The minimum absolute atomic E-state index is 0.0896. The molecule has 0 saturated carbocycles. The van der Waals surface area contributed by atoms with Gasteiger partial charge in [0, 0.05) is 25.2 Å². The number of unbranched alkanes of at least 4 members (excludes halogenated alkanes) is 3. The van der Waals surface area contributed by atoms with Crippen LogP contribution in [0.4, 0.5) is 9.59 Å². The maximum atomic E-state index is 12.5. The Morgan fingerprint density at radius 1 is 0.750 bits per heavy atom. The molecule has 0 aliphatic carbocycles. The number of carbonyl (C=O) groups excluding carboxylic acids is 3. The number of ether oxygens (including phenoxy) is 3. The van der Waals surface area contributed by atoms with Gasteiger partial charge in [-0.3, -0.25) is 0 Å². The highest BCUT2D eigenvalue weighted by atomic mass is 16.6. The standard InChI is InChI=1S/C24H44N2O6/c1-10-25(21(28)31-23(4,5)6)15-13-11-12-14-16-26(22(29)32-24(7,8)9)17-18-30-20(27)19(2)3/h2,10-18H2,1,3-9H3. The smallest absolute Gasteiger partial charge is 0.410 e. The quantitative estimate of drug-likeness (QED) is 0.174. The van der Waals surface area contributed by atoms with E-state index in [2.05, 4.69) is 6.58 Å². The zero-order valence-corrected chi connectivity index (χ0v) is 21.4. The fourth-order valence-corrected chi connectivity index (χ4v) is 2.66. The van der Waals surface area contributed by atoms with Gasteiger partial charge in [0.2, 0.25) is 0 Å². The summed E-state index contributed by atoms with van der Waals surface area (Å²) in [7, 11) is 0. The van der Waals surface area contributed by atoms with Crippen molar-refractivity contribution in [3.8, 4) is 0 Å². The van der Waals surface area contributed by atoms with Gasteiger partial charge in [0.15, 0.2) is 0 Å². The van der Waals surface area contributed by atoms with Crippen molar-refractivity contribution in [1.82, 2.24) is 9.80 Å². The highest BCUT2D eigenvalue weighted by Crippen LogP contribution is 2.13. The second-order valence-electron chi connectivity index (χ2n) is 9.86. The molecule has 0 fully saturated rings. The third-order valence-corrected chi connectivity index (χ3v) is 4.23. The molecule has 32 heavy (non-hydrogen) atoms. The van der Waals surface area contributed by atoms with Gasteiger partial charge in [0.25, 0.3) is 0 Å². The molecule has 0 aromatic rings. The zero-order valence-electron chi connectivity index (χ0n) is 21.4. The molecule has 8 heteroatoms. The molecule has 0 aliphatic rings. The summed E-state index contributed by atoms with van der Waals surface area (Å²) in [5.74, 6) is -0.473. The molecule has 0 atom stereocenters. The summed E-state index contributed by atoms with van der Waals surface area (Å²) in [4.78, 5) is 39.5. The molecule has 0 N–H and O–H groups in total. The van der Waals surface area contributed by atoms with E-state index in [-0.39, 0.29) is 19.2 Å². The van der Waals surface area contributed by atoms with E-state index in [1.165, 1.54) is 0 Å². The van der Waals surface area contributed by atoms with Crippen molar-refractivity contribution in [1.29, 1.82) is 0 Å². The summed E-state index contributed by atoms with van der Waals surface area (Å²) in [6.45, 7) is 20.2. The number of hydrogen-bond acceptors (Lipinski definition) is 6. The second kappa shape index (κ2) is 14.0. The molecular weight excluding hydrogens is 412 g/mol. The summed E-state index contributed by atoms with van der Waals surface area (Å²) in [5, 5.41) is 0. The minimum atomic E-state index is -0.602. The SMILES string of the molecule is C=C(C)C(=O)OCCN(CCCCCCN(CC)C(=O)OC(C)(C)C)C(=O)OC(C)(C)C. The van der Waals surface area contributed by atoms with Crippen LogP contribution in [0.15, 0.2) is 12.2 Å². The van der Waals surface area contributed by atoms with Gasteiger partial charge >= 0.3 is 18.2 Å². The van der Waals surface area contributed by atoms with Crippen molar-refractivity contribution in [3.05, 3.63) is 12.2 Å². The van der Waals surface area contributed by atoms with E-state index in [0.29, 0.717) is 25.2 Å². The Bertz CT molecular complexity index is 619. The first-order chi connectivity index (χ1) is 14.7. The summed E-state index contributed by atoms with van der Waals surface area (Å²) in [5.41, 5.74) is -0.787. The van der Waals surface area contributed by atoms with Gasteiger partial charge in [-0.2, -0.15) is 0 Å². The molecule has 0 rings (SSSR count). The summed E-state index contributed by atoms with van der Waals surface area (Å²) >= 11 is 0. The number of hydrogen-bond donors (Lipinski definition) is 0. The van der Waals surface area contributed by atoms with Gasteiger partial charge in [-0.1, -0.05) is 19.4 Å². The van der Waals surface area contributed by atoms with Crippen molar-refractivity contribution < 1.29 is 28.6 Å². The third-order valence-electron chi connectivity index (χ3n) is 4.23. The summed E-state index contributed by atoms with van der Waals surface area (Å²) in [6.07, 6.45) is 2.75. The molecule has 0 aliphatic heterocycles. The zero-order chi connectivity index (χ0) is 24.9. The van der Waals surface area contributed by atoms with Crippen LogP contribution in [0.3, 0.4) is 0 Å². The van der Waals surface area contributed by atoms with Crippen LogP contribution in [-0.2, 0) is 19.0 Å². The lowest BCUT2D eigenvalue weighted by Crippen LogP contribution is -2.39. The topological polar surface area (TPSA) is 85.4 Å². The van der Waals surface area contributed by atoms with Gasteiger partial charge in [0.05, 0.1) is 6.54 Å². The average Bonchev–Trinajstić information content (AvgIpc) is 2.62.